The summed E-state index contributed by atoms with van der Waals surface area (Å²) in [6, 6.07) is 1.52. The molecule has 0 amide bonds. The SMILES string of the molecule is O=S(=O)(O)c1cccc(C(F)(F)F)[n+]1F. The van der Waals surface area contributed by atoms with Gasteiger partial charge in [0, 0.05) is 12.1 Å². The van der Waals surface area contributed by atoms with E-state index in [-0.39, 0.29) is 0 Å². The minimum atomic E-state index is -5.05. The van der Waals surface area contributed by atoms with Crippen LogP contribution >= 0.6 is 0 Å². The molecule has 0 saturated carbocycles. The predicted molar refractivity (Wildman–Crippen MR) is 38.0 cm³/mol. The third-order valence-corrected chi connectivity index (χ3v) is 2.28. The summed E-state index contributed by atoms with van der Waals surface area (Å²) in [6.07, 6.45) is -5.05. The molecule has 1 heterocycles. The van der Waals surface area contributed by atoms with E-state index in [1.54, 1.807) is 0 Å². The Balaban J connectivity index is 3.51. The zero-order valence-electron chi connectivity index (χ0n) is 6.86. The molecule has 9 heteroatoms. The number of alkyl halides is 3. The van der Waals surface area contributed by atoms with Crippen molar-refractivity contribution in [2.24, 2.45) is 0 Å². The number of rotatable bonds is 1. The van der Waals surface area contributed by atoms with Gasteiger partial charge < -0.3 is 0 Å². The zero-order valence-corrected chi connectivity index (χ0v) is 7.68. The Morgan fingerprint density at radius 2 is 1.80 bits per heavy atom. The summed E-state index contributed by atoms with van der Waals surface area (Å²) < 4.78 is 78.5. The molecule has 0 fully saturated rings. The van der Waals surface area contributed by atoms with Gasteiger partial charge in [-0.3, -0.25) is 4.55 Å². The van der Waals surface area contributed by atoms with Crippen LogP contribution in [-0.2, 0) is 16.3 Å². The van der Waals surface area contributed by atoms with Crippen molar-refractivity contribution in [1.82, 2.24) is 0 Å². The van der Waals surface area contributed by atoms with Crippen molar-refractivity contribution in [2.45, 2.75) is 11.2 Å². The van der Waals surface area contributed by atoms with Crippen LogP contribution in [0.5, 0.6) is 0 Å². The molecule has 0 radical (unpaired) electrons. The largest absolute Gasteiger partial charge is 0.481 e. The Kier molecular flexibility index (Phi) is 2.70. The summed E-state index contributed by atoms with van der Waals surface area (Å²) in [4.78, 5) is -1.13. The molecule has 0 unspecified atom stereocenters. The highest BCUT2D eigenvalue weighted by Crippen LogP contribution is 2.27. The highest BCUT2D eigenvalue weighted by Gasteiger charge is 2.45. The van der Waals surface area contributed by atoms with Crippen LogP contribution in [0.1, 0.15) is 5.69 Å². The minimum Gasteiger partial charge on any atom is -0.277 e. The number of hydrogen-bond donors (Lipinski definition) is 1. The van der Waals surface area contributed by atoms with Gasteiger partial charge in [0.1, 0.15) is 0 Å². The number of pyridine rings is 1. The van der Waals surface area contributed by atoms with Gasteiger partial charge in [-0.2, -0.15) is 21.6 Å². The smallest absolute Gasteiger partial charge is 0.277 e. The molecule has 15 heavy (non-hydrogen) atoms. The fourth-order valence-electron chi connectivity index (χ4n) is 0.864. The van der Waals surface area contributed by atoms with E-state index >= 15 is 0 Å². The van der Waals surface area contributed by atoms with Crippen LogP contribution in [0.2, 0.25) is 0 Å². The molecule has 0 aliphatic rings. The molecule has 1 N–H and O–H groups in total. The van der Waals surface area contributed by atoms with E-state index in [0.717, 1.165) is 0 Å². The van der Waals surface area contributed by atoms with Gasteiger partial charge in [0.25, 0.3) is 0 Å². The first-order chi connectivity index (χ1) is 6.64. The molecular weight excluding hydrogens is 242 g/mol. The molecule has 1 rings (SSSR count). The molecule has 0 aliphatic heterocycles. The van der Waals surface area contributed by atoms with Gasteiger partial charge in [-0.15, -0.1) is 0 Å². The average molecular weight is 246 g/mol. The van der Waals surface area contributed by atoms with Crippen LogP contribution in [0.25, 0.3) is 0 Å². The molecule has 0 atom stereocenters. The first-order valence-corrected chi connectivity index (χ1v) is 4.84. The summed E-state index contributed by atoms with van der Waals surface area (Å²) in [5, 5.41) is -1.47. The van der Waals surface area contributed by atoms with E-state index in [1.165, 1.54) is 0 Å². The molecule has 4 nitrogen and oxygen atoms in total. The second kappa shape index (κ2) is 3.42. The molecule has 1 aromatic heterocycles. The molecular formula is C6H4F4NO3S+. The molecule has 0 spiro atoms. The maximum Gasteiger partial charge on any atom is 0.481 e. The first-order valence-electron chi connectivity index (χ1n) is 3.40. The van der Waals surface area contributed by atoms with Crippen molar-refractivity contribution in [2.75, 3.05) is 0 Å². The van der Waals surface area contributed by atoms with E-state index in [1.807, 2.05) is 0 Å². The van der Waals surface area contributed by atoms with Gasteiger partial charge in [0.15, 0.2) is 0 Å². The van der Waals surface area contributed by atoms with Gasteiger partial charge in [0.05, 0.1) is 9.27 Å². The Morgan fingerprint density at radius 3 is 2.20 bits per heavy atom. The quantitative estimate of drug-likeness (QED) is 0.593. The molecule has 1 aromatic rings. The topological polar surface area (TPSA) is 58.3 Å². The number of nitrogens with zero attached hydrogens (tertiary/aromatic N) is 1. The average Bonchev–Trinajstić information content (AvgIpc) is 1.99. The van der Waals surface area contributed by atoms with E-state index in [2.05, 4.69) is 0 Å². The van der Waals surface area contributed by atoms with Crippen LogP contribution in [0, 0.1) is 0 Å². The van der Waals surface area contributed by atoms with Crippen molar-refractivity contribution >= 4 is 10.1 Å². The summed E-state index contributed by atoms with van der Waals surface area (Å²) >= 11 is 0. The number of aromatic nitrogens is 1. The second-order valence-corrected chi connectivity index (χ2v) is 3.87. The molecule has 0 aliphatic carbocycles. The zero-order chi connectivity index (χ0) is 11.9. The minimum absolute atomic E-state index is 0.342. The van der Waals surface area contributed by atoms with E-state index in [4.69, 9.17) is 4.55 Å². The Bertz CT molecular complexity index is 482. The van der Waals surface area contributed by atoms with E-state index < -0.39 is 31.8 Å². The lowest BCUT2D eigenvalue weighted by Crippen LogP contribution is -2.39. The summed E-state index contributed by atoms with van der Waals surface area (Å²) in [6.45, 7) is 0. The van der Waals surface area contributed by atoms with Crippen molar-refractivity contribution < 1.29 is 35.4 Å². The van der Waals surface area contributed by atoms with Gasteiger partial charge in [0.2, 0.25) is 0 Å². The lowest BCUT2D eigenvalue weighted by Gasteiger charge is -2.00. The monoisotopic (exact) mass is 246 g/mol. The highest BCUT2D eigenvalue weighted by atomic mass is 32.2. The van der Waals surface area contributed by atoms with Crippen molar-refractivity contribution in [3.8, 4) is 0 Å². The maximum atomic E-state index is 12.9. The number of hydrogen-bond acceptors (Lipinski definition) is 2. The third kappa shape index (κ3) is 2.42. The summed E-state index contributed by atoms with van der Waals surface area (Å²) in [5.74, 6) is 0. The Labute approximate surface area is 81.5 Å². The Hall–Kier alpha value is -1.22. The number of halogens is 4. The summed E-state index contributed by atoms with van der Waals surface area (Å²) in [5.41, 5.74) is -1.82. The second-order valence-electron chi connectivity index (χ2n) is 2.50. The standard InChI is InChI=1S/C6H3F4NO3S/c7-6(8,9)4-2-1-3-5(11(4)10)15(12,13)14/h1-3H/p+1. The molecule has 0 bridgehead atoms. The fraction of sp³-hybridized carbons (Fsp3) is 0.167. The lowest BCUT2D eigenvalue weighted by molar-refractivity contribution is -0.886. The molecule has 0 aromatic carbocycles. The lowest BCUT2D eigenvalue weighted by atomic mass is 10.3. The molecule has 0 saturated heterocycles. The van der Waals surface area contributed by atoms with Crippen LogP contribution in [-0.4, -0.2) is 13.0 Å². The predicted octanol–water partition coefficient (Wildman–Crippen LogP) is 0.972. The van der Waals surface area contributed by atoms with E-state index in [9.17, 15) is 26.1 Å². The van der Waals surface area contributed by atoms with Crippen LogP contribution < -0.4 is 4.79 Å². The first kappa shape index (κ1) is 11.9. The van der Waals surface area contributed by atoms with Gasteiger partial charge in [-0.05, 0) is 6.07 Å². The van der Waals surface area contributed by atoms with Gasteiger partial charge >= 0.3 is 27.0 Å². The van der Waals surface area contributed by atoms with Gasteiger partial charge in [-0.25, -0.2) is 0 Å². The van der Waals surface area contributed by atoms with Gasteiger partial charge in [-0.1, -0.05) is 0 Å². The van der Waals surface area contributed by atoms with Crippen molar-refractivity contribution in [3.63, 3.8) is 0 Å². The van der Waals surface area contributed by atoms with Crippen LogP contribution in [0.3, 0.4) is 0 Å². The maximum absolute atomic E-state index is 12.9. The van der Waals surface area contributed by atoms with Crippen LogP contribution in [0.15, 0.2) is 23.2 Å². The molecule has 84 valence electrons. The van der Waals surface area contributed by atoms with Crippen LogP contribution in [0.4, 0.5) is 17.7 Å². The van der Waals surface area contributed by atoms with E-state index in [0.29, 0.717) is 18.2 Å². The van der Waals surface area contributed by atoms with Crippen molar-refractivity contribution in [1.29, 1.82) is 0 Å². The fourth-order valence-corrected chi connectivity index (χ4v) is 1.42. The third-order valence-electron chi connectivity index (χ3n) is 1.45. The van der Waals surface area contributed by atoms with Crippen molar-refractivity contribution in [3.05, 3.63) is 23.9 Å². The highest BCUT2D eigenvalue weighted by molar-refractivity contribution is 7.85. The normalized spacial score (nSPS) is 12.9. The Morgan fingerprint density at radius 1 is 1.27 bits per heavy atom. The summed E-state index contributed by atoms with van der Waals surface area (Å²) in [7, 11) is -5.03.